The number of nitrogens with one attached hydrogen (secondary N) is 1. The van der Waals surface area contributed by atoms with Gasteiger partial charge >= 0.3 is 5.95 Å². The molecule has 1 heterocycles. The number of nitrogens with zero attached hydrogens (tertiary/aromatic N) is 3. The van der Waals surface area contributed by atoms with Gasteiger partial charge in [-0.25, -0.2) is 0 Å². The Hall–Kier alpha value is -2.59. The molecule has 1 aromatic carbocycles. The number of nitrogen functional groups attached to an aromatic ring is 1. The van der Waals surface area contributed by atoms with E-state index >= 15 is 0 Å². The molecule has 1 aromatic heterocycles. The van der Waals surface area contributed by atoms with E-state index in [0.717, 1.165) is 4.90 Å². The number of anilines is 1. The lowest BCUT2D eigenvalue weighted by atomic mass is 10.2. The van der Waals surface area contributed by atoms with Gasteiger partial charge in [0, 0.05) is 11.5 Å². The quantitative estimate of drug-likeness (QED) is 0.820. The summed E-state index contributed by atoms with van der Waals surface area (Å²) >= 11 is 0. The Morgan fingerprint density at radius 2 is 1.90 bits per heavy atom. The van der Waals surface area contributed by atoms with Crippen molar-refractivity contribution >= 4 is 22.7 Å². The van der Waals surface area contributed by atoms with Crippen molar-refractivity contribution < 1.29 is 14.4 Å². The number of hydrogen-bond acceptors (Lipinski definition) is 6. The van der Waals surface area contributed by atoms with Crippen molar-refractivity contribution in [3.63, 3.8) is 0 Å². The second-order valence-corrected chi connectivity index (χ2v) is 4.60. The number of hydrogen-bond donors (Lipinski definition) is 2. The molecule has 1 atom stereocenters. The minimum atomic E-state index is 0.382. The number of nitriles is 1. The van der Waals surface area contributed by atoms with Crippen molar-refractivity contribution in [2.45, 2.75) is 6.42 Å². The first-order valence-electron chi connectivity index (χ1n) is 6.49. The van der Waals surface area contributed by atoms with E-state index in [0.29, 0.717) is 47.1 Å². The predicted molar refractivity (Wildman–Crippen MR) is 78.7 cm³/mol. The summed E-state index contributed by atoms with van der Waals surface area (Å²) in [7, 11) is 5.03. The van der Waals surface area contributed by atoms with E-state index in [9.17, 15) is 0 Å². The van der Waals surface area contributed by atoms with Crippen LogP contribution in [0.5, 0.6) is 11.5 Å². The maximum Gasteiger partial charge on any atom is 0.329 e. The Balaban J connectivity index is 2.52. The molecule has 0 radical (unpaired) electrons. The fraction of sp³-hybridized carbons (Fsp3) is 0.357. The van der Waals surface area contributed by atoms with Crippen LogP contribution in [0.15, 0.2) is 12.1 Å². The Morgan fingerprint density at radius 3 is 2.52 bits per heavy atom. The first-order chi connectivity index (χ1) is 10.1. The number of quaternary nitrogens is 1. The molecule has 3 N–H and O–H groups in total. The van der Waals surface area contributed by atoms with Gasteiger partial charge in [0.15, 0.2) is 11.5 Å². The van der Waals surface area contributed by atoms with Gasteiger partial charge in [0.2, 0.25) is 0 Å². The van der Waals surface area contributed by atoms with Crippen LogP contribution in [0.2, 0.25) is 0 Å². The first-order valence-corrected chi connectivity index (χ1v) is 6.49. The summed E-state index contributed by atoms with van der Waals surface area (Å²) in [5.74, 6) is 2.11. The summed E-state index contributed by atoms with van der Waals surface area (Å²) in [6, 6.07) is 5.64. The SMILES string of the molecule is COc1cc2nc([NH+](C)CCC#N)nc(N)c2cc1OC. The van der Waals surface area contributed by atoms with Gasteiger partial charge in [-0.05, 0) is 6.07 Å². The molecule has 0 fully saturated rings. The topological polar surface area (TPSA) is 98.5 Å². The van der Waals surface area contributed by atoms with Crippen molar-refractivity contribution in [3.05, 3.63) is 12.1 Å². The maximum atomic E-state index is 8.66. The van der Waals surface area contributed by atoms with Crippen molar-refractivity contribution in [1.29, 1.82) is 5.26 Å². The largest absolute Gasteiger partial charge is 0.493 e. The highest BCUT2D eigenvalue weighted by molar-refractivity contribution is 5.91. The third-order valence-corrected chi connectivity index (χ3v) is 3.22. The molecule has 2 rings (SSSR count). The van der Waals surface area contributed by atoms with Crippen molar-refractivity contribution in [2.75, 3.05) is 33.5 Å². The van der Waals surface area contributed by atoms with Gasteiger partial charge < -0.3 is 15.2 Å². The summed E-state index contributed by atoms with van der Waals surface area (Å²) in [4.78, 5) is 9.74. The molecule has 110 valence electrons. The number of nitrogens with two attached hydrogens (primary N) is 1. The van der Waals surface area contributed by atoms with Gasteiger partial charge in [-0.15, -0.1) is 0 Å². The van der Waals surface area contributed by atoms with E-state index in [4.69, 9.17) is 20.5 Å². The lowest BCUT2D eigenvalue weighted by Gasteiger charge is -2.13. The van der Waals surface area contributed by atoms with Crippen molar-refractivity contribution in [2.24, 2.45) is 0 Å². The average molecular weight is 288 g/mol. The smallest absolute Gasteiger partial charge is 0.329 e. The van der Waals surface area contributed by atoms with E-state index in [1.54, 1.807) is 26.4 Å². The molecule has 0 aliphatic heterocycles. The monoisotopic (exact) mass is 288 g/mol. The molecule has 7 nitrogen and oxygen atoms in total. The van der Waals surface area contributed by atoms with E-state index in [-0.39, 0.29) is 0 Å². The minimum Gasteiger partial charge on any atom is -0.493 e. The van der Waals surface area contributed by atoms with Crippen LogP contribution in [0.4, 0.5) is 11.8 Å². The molecular weight excluding hydrogens is 270 g/mol. The highest BCUT2D eigenvalue weighted by atomic mass is 16.5. The van der Waals surface area contributed by atoms with Crippen LogP contribution in [0.3, 0.4) is 0 Å². The average Bonchev–Trinajstić information content (AvgIpc) is 2.51. The number of benzene rings is 1. The number of methoxy groups -OCH3 is 2. The minimum absolute atomic E-state index is 0.382. The van der Waals surface area contributed by atoms with Gasteiger partial charge in [-0.2, -0.15) is 15.2 Å². The molecule has 21 heavy (non-hydrogen) atoms. The number of rotatable bonds is 5. The van der Waals surface area contributed by atoms with Crippen LogP contribution in [0.25, 0.3) is 10.9 Å². The zero-order valence-corrected chi connectivity index (χ0v) is 12.3. The molecule has 0 aliphatic carbocycles. The molecule has 0 saturated heterocycles. The standard InChI is InChI=1S/C14H17N5O2/c1-19(6-4-5-15)14-17-10-8-12(21-3)11(20-2)7-9(10)13(16)18-14/h7-8H,4,6H2,1-3H3,(H2,16,17,18)/p+1. The molecule has 0 saturated carbocycles. The predicted octanol–water partition coefficient (Wildman–Crippen LogP) is 0.289. The highest BCUT2D eigenvalue weighted by Gasteiger charge is 2.16. The van der Waals surface area contributed by atoms with Crippen LogP contribution in [-0.2, 0) is 0 Å². The number of ether oxygens (including phenoxy) is 2. The van der Waals surface area contributed by atoms with Gasteiger partial charge in [-0.1, -0.05) is 0 Å². The molecular formula is C14H18N5O2+. The van der Waals surface area contributed by atoms with Crippen molar-refractivity contribution in [3.8, 4) is 17.6 Å². The Kier molecular flexibility index (Phi) is 4.40. The van der Waals surface area contributed by atoms with E-state index in [1.807, 2.05) is 7.05 Å². The van der Waals surface area contributed by atoms with Crippen LogP contribution < -0.4 is 20.1 Å². The number of aromatic nitrogens is 2. The van der Waals surface area contributed by atoms with Gasteiger partial charge in [-0.3, -0.25) is 4.90 Å². The second kappa shape index (κ2) is 6.24. The van der Waals surface area contributed by atoms with Crippen LogP contribution in [0.1, 0.15) is 6.42 Å². The van der Waals surface area contributed by atoms with E-state index in [1.165, 1.54) is 0 Å². The summed E-state index contributed by atoms with van der Waals surface area (Å²) in [5, 5.41) is 9.37. The molecule has 0 aliphatic rings. The lowest BCUT2D eigenvalue weighted by Crippen LogP contribution is -3.04. The highest BCUT2D eigenvalue weighted by Crippen LogP contribution is 2.33. The zero-order chi connectivity index (χ0) is 15.4. The summed E-state index contributed by atoms with van der Waals surface area (Å²) in [6.07, 6.45) is 0.430. The fourth-order valence-corrected chi connectivity index (χ4v) is 2.03. The number of fused-ring (bicyclic) bond motifs is 1. The van der Waals surface area contributed by atoms with Crippen LogP contribution in [0, 0.1) is 11.3 Å². The Bertz CT molecular complexity index is 696. The second-order valence-electron chi connectivity index (χ2n) is 4.60. The van der Waals surface area contributed by atoms with Crippen LogP contribution >= 0.6 is 0 Å². The van der Waals surface area contributed by atoms with E-state index in [2.05, 4.69) is 16.0 Å². The third kappa shape index (κ3) is 2.95. The first kappa shape index (κ1) is 14.8. The molecule has 1 unspecified atom stereocenters. The molecule has 2 aromatic rings. The van der Waals surface area contributed by atoms with Gasteiger partial charge in [0.05, 0.1) is 45.8 Å². The summed E-state index contributed by atoms with van der Waals surface area (Å²) in [6.45, 7) is 0.620. The molecule has 0 spiro atoms. The summed E-state index contributed by atoms with van der Waals surface area (Å²) < 4.78 is 10.5. The zero-order valence-electron chi connectivity index (χ0n) is 12.3. The Labute approximate surface area is 122 Å². The molecule has 7 heteroatoms. The van der Waals surface area contributed by atoms with Crippen molar-refractivity contribution in [1.82, 2.24) is 9.97 Å². The normalized spacial score (nSPS) is 11.9. The summed E-state index contributed by atoms with van der Waals surface area (Å²) in [5.41, 5.74) is 6.70. The fourth-order valence-electron chi connectivity index (χ4n) is 2.03. The molecule has 0 amide bonds. The van der Waals surface area contributed by atoms with Crippen LogP contribution in [-0.4, -0.2) is 37.8 Å². The molecule has 0 bridgehead atoms. The van der Waals surface area contributed by atoms with E-state index < -0.39 is 0 Å². The van der Waals surface area contributed by atoms with Gasteiger partial charge in [0.1, 0.15) is 5.82 Å². The Morgan fingerprint density at radius 1 is 1.24 bits per heavy atom. The maximum absolute atomic E-state index is 8.66. The lowest BCUT2D eigenvalue weighted by molar-refractivity contribution is -0.814. The third-order valence-electron chi connectivity index (χ3n) is 3.22. The van der Waals surface area contributed by atoms with Gasteiger partial charge in [0.25, 0.3) is 0 Å².